The maximum Gasteiger partial charge on any atom is 0.243 e. The molecule has 1 unspecified atom stereocenters. The Hall–Kier alpha value is -0.920. The quantitative estimate of drug-likeness (QED) is 0.721. The van der Waals surface area contributed by atoms with E-state index in [0.717, 1.165) is 19.3 Å². The zero-order valence-corrected chi connectivity index (χ0v) is 11.8. The molecule has 3 N–H and O–H groups in total. The highest BCUT2D eigenvalue weighted by atomic mass is 32.2. The number of rotatable bonds is 8. The van der Waals surface area contributed by atoms with Crippen LogP contribution in [-0.4, -0.2) is 31.3 Å². The molecule has 0 bridgehead atoms. The fourth-order valence-corrected chi connectivity index (χ4v) is 2.94. The molecule has 1 rings (SSSR count). The van der Waals surface area contributed by atoms with E-state index in [0.29, 0.717) is 19.0 Å². The van der Waals surface area contributed by atoms with Gasteiger partial charge in [0, 0.05) is 19.8 Å². The van der Waals surface area contributed by atoms with Crippen molar-refractivity contribution in [3.8, 4) is 0 Å². The second-order valence-corrected chi connectivity index (χ2v) is 6.20. The van der Waals surface area contributed by atoms with Crippen LogP contribution < -0.4 is 10.5 Å². The molecule has 1 aromatic rings. The van der Waals surface area contributed by atoms with Gasteiger partial charge in [-0.15, -0.1) is 0 Å². The molecular formula is C11H22N4O2S. The summed E-state index contributed by atoms with van der Waals surface area (Å²) in [5.74, 6) is 0.298. The average Bonchev–Trinajstić information content (AvgIpc) is 2.74. The number of nitrogens with two attached hydrogens (primary N) is 1. The highest BCUT2D eigenvalue weighted by Gasteiger charge is 2.17. The zero-order chi connectivity index (χ0) is 13.6. The van der Waals surface area contributed by atoms with E-state index in [1.54, 1.807) is 7.05 Å². The van der Waals surface area contributed by atoms with Crippen LogP contribution in [0.25, 0.3) is 0 Å². The van der Waals surface area contributed by atoms with Crippen molar-refractivity contribution in [1.29, 1.82) is 0 Å². The van der Waals surface area contributed by atoms with E-state index < -0.39 is 10.0 Å². The van der Waals surface area contributed by atoms with Crippen LogP contribution in [0, 0.1) is 5.92 Å². The summed E-state index contributed by atoms with van der Waals surface area (Å²) in [5, 5.41) is 3.86. The van der Waals surface area contributed by atoms with Crippen LogP contribution in [0.2, 0.25) is 0 Å². The fourth-order valence-electron chi connectivity index (χ4n) is 1.84. The SMILES string of the molecule is CCCC(CCN)CNS(=O)(=O)c1cnn(C)c1. The van der Waals surface area contributed by atoms with Crippen LogP contribution >= 0.6 is 0 Å². The Morgan fingerprint density at radius 1 is 1.50 bits per heavy atom. The van der Waals surface area contributed by atoms with Gasteiger partial charge in [0.2, 0.25) is 10.0 Å². The summed E-state index contributed by atoms with van der Waals surface area (Å²) in [6.07, 6.45) is 5.68. The standard InChI is InChI=1S/C11H22N4O2S/c1-3-4-10(5-6-12)7-14-18(16,17)11-8-13-15(2)9-11/h8-10,14H,3-7,12H2,1-2H3. The van der Waals surface area contributed by atoms with Gasteiger partial charge < -0.3 is 5.73 Å². The van der Waals surface area contributed by atoms with Gasteiger partial charge in [0.25, 0.3) is 0 Å². The third kappa shape index (κ3) is 4.40. The maximum atomic E-state index is 12.0. The van der Waals surface area contributed by atoms with Gasteiger partial charge in [-0.3, -0.25) is 4.68 Å². The van der Waals surface area contributed by atoms with Crippen LogP contribution in [0.15, 0.2) is 17.3 Å². The Morgan fingerprint density at radius 3 is 2.72 bits per heavy atom. The molecule has 0 saturated carbocycles. The van der Waals surface area contributed by atoms with E-state index in [9.17, 15) is 8.42 Å². The fraction of sp³-hybridized carbons (Fsp3) is 0.727. The predicted octanol–water partition coefficient (Wildman–Crippen LogP) is 0.464. The minimum atomic E-state index is -3.45. The minimum Gasteiger partial charge on any atom is -0.330 e. The minimum absolute atomic E-state index is 0.202. The Labute approximate surface area is 109 Å². The summed E-state index contributed by atoms with van der Waals surface area (Å²) in [6.45, 7) is 3.10. The van der Waals surface area contributed by atoms with Crippen molar-refractivity contribution in [1.82, 2.24) is 14.5 Å². The number of aromatic nitrogens is 2. The van der Waals surface area contributed by atoms with Crippen molar-refractivity contribution in [2.45, 2.75) is 31.1 Å². The number of aryl methyl sites for hydroxylation is 1. The van der Waals surface area contributed by atoms with Gasteiger partial charge in [-0.25, -0.2) is 13.1 Å². The van der Waals surface area contributed by atoms with E-state index in [4.69, 9.17) is 5.73 Å². The molecule has 0 fully saturated rings. The second-order valence-electron chi connectivity index (χ2n) is 4.43. The van der Waals surface area contributed by atoms with E-state index >= 15 is 0 Å². The molecule has 18 heavy (non-hydrogen) atoms. The first-order valence-electron chi connectivity index (χ1n) is 6.18. The van der Waals surface area contributed by atoms with Gasteiger partial charge in [-0.1, -0.05) is 13.3 Å². The molecule has 1 heterocycles. The smallest absolute Gasteiger partial charge is 0.243 e. The van der Waals surface area contributed by atoms with Crippen molar-refractivity contribution in [2.24, 2.45) is 18.7 Å². The van der Waals surface area contributed by atoms with Gasteiger partial charge in [0.05, 0.1) is 6.20 Å². The molecule has 104 valence electrons. The topological polar surface area (TPSA) is 90.0 Å². The Bertz CT molecular complexity index is 449. The number of hydrogen-bond donors (Lipinski definition) is 2. The highest BCUT2D eigenvalue weighted by Crippen LogP contribution is 2.11. The first-order valence-corrected chi connectivity index (χ1v) is 7.66. The highest BCUT2D eigenvalue weighted by molar-refractivity contribution is 7.89. The maximum absolute atomic E-state index is 12.0. The summed E-state index contributed by atoms with van der Waals surface area (Å²) in [6, 6.07) is 0. The summed E-state index contributed by atoms with van der Waals surface area (Å²) in [5.41, 5.74) is 5.52. The van der Waals surface area contributed by atoms with E-state index in [2.05, 4.69) is 16.7 Å². The average molecular weight is 274 g/mol. The Morgan fingerprint density at radius 2 is 2.22 bits per heavy atom. The molecule has 0 aromatic carbocycles. The third-order valence-corrected chi connectivity index (χ3v) is 4.20. The molecule has 0 saturated heterocycles. The van der Waals surface area contributed by atoms with Crippen LogP contribution in [0.3, 0.4) is 0 Å². The molecule has 0 aliphatic heterocycles. The third-order valence-electron chi connectivity index (χ3n) is 2.83. The van der Waals surface area contributed by atoms with E-state index in [-0.39, 0.29) is 4.90 Å². The van der Waals surface area contributed by atoms with Crippen LogP contribution in [0.1, 0.15) is 26.2 Å². The van der Waals surface area contributed by atoms with Gasteiger partial charge in [0.15, 0.2) is 0 Å². The molecule has 7 heteroatoms. The molecule has 0 aliphatic carbocycles. The molecule has 0 aliphatic rings. The lowest BCUT2D eigenvalue weighted by Gasteiger charge is -2.15. The molecule has 6 nitrogen and oxygen atoms in total. The molecule has 1 atom stereocenters. The lowest BCUT2D eigenvalue weighted by Crippen LogP contribution is -2.30. The van der Waals surface area contributed by atoms with Crippen molar-refractivity contribution < 1.29 is 8.42 Å². The lowest BCUT2D eigenvalue weighted by atomic mass is 10.0. The normalized spacial score (nSPS) is 13.7. The van der Waals surface area contributed by atoms with Crippen LogP contribution in [-0.2, 0) is 17.1 Å². The molecule has 0 spiro atoms. The second kappa shape index (κ2) is 6.86. The van der Waals surface area contributed by atoms with E-state index in [1.807, 2.05) is 0 Å². The number of nitrogens with zero attached hydrogens (tertiary/aromatic N) is 2. The van der Waals surface area contributed by atoms with Gasteiger partial charge in [-0.05, 0) is 25.3 Å². The van der Waals surface area contributed by atoms with Crippen molar-refractivity contribution >= 4 is 10.0 Å². The van der Waals surface area contributed by atoms with Crippen LogP contribution in [0.4, 0.5) is 0 Å². The van der Waals surface area contributed by atoms with Crippen molar-refractivity contribution in [3.05, 3.63) is 12.4 Å². The lowest BCUT2D eigenvalue weighted by molar-refractivity contribution is 0.443. The van der Waals surface area contributed by atoms with Gasteiger partial charge in [0.1, 0.15) is 4.90 Å². The number of sulfonamides is 1. The van der Waals surface area contributed by atoms with Crippen molar-refractivity contribution in [2.75, 3.05) is 13.1 Å². The molecule has 0 radical (unpaired) electrons. The summed E-state index contributed by atoms with van der Waals surface area (Å²) >= 11 is 0. The summed E-state index contributed by atoms with van der Waals surface area (Å²) in [4.78, 5) is 0.202. The Balaban J connectivity index is 2.60. The molecular weight excluding hydrogens is 252 g/mol. The van der Waals surface area contributed by atoms with Gasteiger partial charge in [-0.2, -0.15) is 5.10 Å². The van der Waals surface area contributed by atoms with Crippen molar-refractivity contribution in [3.63, 3.8) is 0 Å². The summed E-state index contributed by atoms with van der Waals surface area (Å²) < 4.78 is 28.0. The summed E-state index contributed by atoms with van der Waals surface area (Å²) in [7, 11) is -1.76. The molecule has 0 amide bonds. The zero-order valence-electron chi connectivity index (χ0n) is 11.0. The van der Waals surface area contributed by atoms with Crippen LogP contribution in [0.5, 0.6) is 0 Å². The Kier molecular flexibility index (Phi) is 5.77. The predicted molar refractivity (Wildman–Crippen MR) is 70.5 cm³/mol. The first kappa shape index (κ1) is 15.1. The number of nitrogens with one attached hydrogen (secondary N) is 1. The van der Waals surface area contributed by atoms with E-state index in [1.165, 1.54) is 17.1 Å². The molecule has 1 aromatic heterocycles. The number of hydrogen-bond acceptors (Lipinski definition) is 4. The van der Waals surface area contributed by atoms with Gasteiger partial charge >= 0.3 is 0 Å². The first-order chi connectivity index (χ1) is 8.49. The monoisotopic (exact) mass is 274 g/mol. The largest absolute Gasteiger partial charge is 0.330 e.